The molecule has 2 aliphatic heterocycles. The van der Waals surface area contributed by atoms with Gasteiger partial charge in [0.2, 0.25) is 0 Å². The first kappa shape index (κ1) is 9.40. The van der Waals surface area contributed by atoms with Gasteiger partial charge in [-0.3, -0.25) is 4.90 Å². The van der Waals surface area contributed by atoms with Gasteiger partial charge in [-0.2, -0.15) is 0 Å². The van der Waals surface area contributed by atoms with Crippen LogP contribution in [0.1, 0.15) is 6.42 Å². The summed E-state index contributed by atoms with van der Waals surface area (Å²) in [6, 6.07) is 0. The van der Waals surface area contributed by atoms with Gasteiger partial charge in [0.15, 0.2) is 0 Å². The molecule has 2 N–H and O–H groups in total. The van der Waals surface area contributed by atoms with Crippen molar-refractivity contribution in [3.05, 3.63) is 0 Å². The smallest absolute Gasteiger partial charge is 0.0938 e. The van der Waals surface area contributed by atoms with Crippen LogP contribution in [0, 0.1) is 5.92 Å². The molecule has 0 spiro atoms. The SMILES string of the molecule is O[C@@H]1CN(CC2CCOC2)C[C@@H]1O. The Morgan fingerprint density at radius 1 is 1.23 bits per heavy atom. The molecule has 3 atom stereocenters. The summed E-state index contributed by atoms with van der Waals surface area (Å²) in [6.45, 7) is 3.87. The summed E-state index contributed by atoms with van der Waals surface area (Å²) in [5.41, 5.74) is 0. The lowest BCUT2D eigenvalue weighted by atomic mass is 10.1. The lowest BCUT2D eigenvalue weighted by molar-refractivity contribution is 0.0572. The van der Waals surface area contributed by atoms with Crippen molar-refractivity contribution >= 4 is 0 Å². The molecule has 0 aliphatic carbocycles. The van der Waals surface area contributed by atoms with Gasteiger partial charge in [-0.05, 0) is 12.3 Å². The van der Waals surface area contributed by atoms with E-state index >= 15 is 0 Å². The maximum absolute atomic E-state index is 9.32. The van der Waals surface area contributed by atoms with E-state index in [-0.39, 0.29) is 0 Å². The van der Waals surface area contributed by atoms with E-state index < -0.39 is 12.2 Å². The van der Waals surface area contributed by atoms with E-state index in [9.17, 15) is 10.2 Å². The van der Waals surface area contributed by atoms with E-state index in [0.29, 0.717) is 19.0 Å². The monoisotopic (exact) mass is 187 g/mol. The minimum Gasteiger partial charge on any atom is -0.389 e. The Morgan fingerprint density at radius 3 is 2.46 bits per heavy atom. The van der Waals surface area contributed by atoms with Crippen molar-refractivity contribution in [2.24, 2.45) is 5.92 Å². The molecule has 13 heavy (non-hydrogen) atoms. The molecule has 0 amide bonds. The van der Waals surface area contributed by atoms with Gasteiger partial charge < -0.3 is 14.9 Å². The third-order valence-corrected chi connectivity index (χ3v) is 2.88. The summed E-state index contributed by atoms with van der Waals surface area (Å²) in [6.07, 6.45) is 0.00697. The maximum Gasteiger partial charge on any atom is 0.0938 e. The largest absolute Gasteiger partial charge is 0.389 e. The number of nitrogens with zero attached hydrogens (tertiary/aromatic N) is 1. The van der Waals surface area contributed by atoms with Crippen LogP contribution in [0.25, 0.3) is 0 Å². The van der Waals surface area contributed by atoms with Crippen LogP contribution in [0.5, 0.6) is 0 Å². The van der Waals surface area contributed by atoms with Gasteiger partial charge in [0.1, 0.15) is 0 Å². The lowest BCUT2D eigenvalue weighted by Crippen LogP contribution is -2.28. The summed E-state index contributed by atoms with van der Waals surface area (Å²) < 4.78 is 5.27. The predicted octanol–water partition coefficient (Wildman–Crippen LogP) is -0.940. The minimum atomic E-state index is -0.553. The average Bonchev–Trinajstić information content (AvgIpc) is 2.64. The molecular weight excluding hydrogens is 170 g/mol. The van der Waals surface area contributed by atoms with Crippen molar-refractivity contribution in [2.45, 2.75) is 18.6 Å². The van der Waals surface area contributed by atoms with Crippen LogP contribution >= 0.6 is 0 Å². The first-order valence-corrected chi connectivity index (χ1v) is 4.92. The second-order valence-electron chi connectivity index (χ2n) is 4.08. The highest BCUT2D eigenvalue weighted by molar-refractivity contribution is 4.84. The molecule has 0 bridgehead atoms. The molecule has 0 radical (unpaired) electrons. The molecule has 4 heteroatoms. The van der Waals surface area contributed by atoms with E-state index in [4.69, 9.17) is 4.74 Å². The van der Waals surface area contributed by atoms with E-state index in [1.165, 1.54) is 0 Å². The van der Waals surface area contributed by atoms with E-state index in [0.717, 1.165) is 26.2 Å². The van der Waals surface area contributed by atoms with E-state index in [1.54, 1.807) is 0 Å². The molecule has 4 nitrogen and oxygen atoms in total. The molecule has 2 aliphatic rings. The van der Waals surface area contributed by atoms with Crippen molar-refractivity contribution in [3.8, 4) is 0 Å². The van der Waals surface area contributed by atoms with Crippen molar-refractivity contribution < 1.29 is 14.9 Å². The van der Waals surface area contributed by atoms with Gasteiger partial charge in [-0.15, -0.1) is 0 Å². The lowest BCUT2D eigenvalue weighted by Gasteiger charge is -2.18. The molecule has 2 saturated heterocycles. The fraction of sp³-hybridized carbons (Fsp3) is 1.00. The Labute approximate surface area is 78.1 Å². The number of aliphatic hydroxyl groups excluding tert-OH is 2. The fourth-order valence-corrected chi connectivity index (χ4v) is 2.09. The van der Waals surface area contributed by atoms with Crippen molar-refractivity contribution in [3.63, 3.8) is 0 Å². The number of likely N-dealkylation sites (tertiary alicyclic amines) is 1. The van der Waals surface area contributed by atoms with Gasteiger partial charge in [0.25, 0.3) is 0 Å². The summed E-state index contributed by atoms with van der Waals surface area (Å²) in [5, 5.41) is 18.6. The highest BCUT2D eigenvalue weighted by Crippen LogP contribution is 2.17. The van der Waals surface area contributed by atoms with Crippen LogP contribution in [0.4, 0.5) is 0 Å². The van der Waals surface area contributed by atoms with Crippen molar-refractivity contribution in [1.29, 1.82) is 0 Å². The zero-order valence-corrected chi connectivity index (χ0v) is 7.72. The molecular formula is C9H17NO3. The zero-order valence-electron chi connectivity index (χ0n) is 7.72. The summed E-state index contributed by atoms with van der Waals surface area (Å²) in [4.78, 5) is 2.12. The third kappa shape index (κ3) is 2.20. The van der Waals surface area contributed by atoms with Gasteiger partial charge in [0, 0.05) is 26.2 Å². The standard InChI is InChI=1S/C9H17NO3/c11-8-4-10(5-9(8)12)3-7-1-2-13-6-7/h7-9,11-12H,1-6H2/t7?,8-,9+. The molecule has 2 fully saturated rings. The summed E-state index contributed by atoms with van der Waals surface area (Å²) >= 11 is 0. The van der Waals surface area contributed by atoms with Gasteiger partial charge in [0.05, 0.1) is 18.8 Å². The topological polar surface area (TPSA) is 52.9 Å². The Kier molecular flexibility index (Phi) is 2.83. The molecule has 0 saturated carbocycles. The van der Waals surface area contributed by atoms with E-state index in [2.05, 4.69) is 4.90 Å². The molecule has 0 aromatic rings. The maximum atomic E-state index is 9.32. The molecule has 2 rings (SSSR count). The van der Waals surface area contributed by atoms with Crippen LogP contribution < -0.4 is 0 Å². The first-order valence-electron chi connectivity index (χ1n) is 4.92. The second kappa shape index (κ2) is 3.92. The Hall–Kier alpha value is -0.160. The van der Waals surface area contributed by atoms with Crippen molar-refractivity contribution in [1.82, 2.24) is 4.90 Å². The number of hydrogen-bond donors (Lipinski definition) is 2. The fourth-order valence-electron chi connectivity index (χ4n) is 2.09. The highest BCUT2D eigenvalue weighted by Gasteiger charge is 2.31. The zero-order chi connectivity index (χ0) is 9.26. The van der Waals surface area contributed by atoms with Crippen LogP contribution in [0.2, 0.25) is 0 Å². The Morgan fingerprint density at radius 2 is 1.92 bits per heavy atom. The first-order chi connectivity index (χ1) is 6.25. The van der Waals surface area contributed by atoms with Gasteiger partial charge >= 0.3 is 0 Å². The van der Waals surface area contributed by atoms with Crippen LogP contribution in [-0.4, -0.2) is 60.2 Å². The average molecular weight is 187 g/mol. The van der Waals surface area contributed by atoms with Gasteiger partial charge in [-0.25, -0.2) is 0 Å². The molecule has 0 aromatic heterocycles. The number of β-amino-alcohol motifs (C(OH)–C–C–N with tert-alkyl or cyclic N) is 2. The third-order valence-electron chi connectivity index (χ3n) is 2.88. The number of rotatable bonds is 2. The second-order valence-corrected chi connectivity index (χ2v) is 4.08. The number of ether oxygens (including phenoxy) is 1. The predicted molar refractivity (Wildman–Crippen MR) is 47.4 cm³/mol. The van der Waals surface area contributed by atoms with Crippen LogP contribution in [0.3, 0.4) is 0 Å². The molecule has 1 unspecified atom stereocenters. The minimum absolute atomic E-state index is 0.553. The number of aliphatic hydroxyl groups is 2. The Balaban J connectivity index is 1.76. The molecule has 0 aromatic carbocycles. The van der Waals surface area contributed by atoms with Gasteiger partial charge in [-0.1, -0.05) is 0 Å². The normalized spacial score (nSPS) is 41.5. The van der Waals surface area contributed by atoms with Crippen LogP contribution in [-0.2, 0) is 4.74 Å². The summed E-state index contributed by atoms with van der Waals surface area (Å²) in [7, 11) is 0. The summed E-state index contributed by atoms with van der Waals surface area (Å²) in [5.74, 6) is 0.595. The van der Waals surface area contributed by atoms with Crippen molar-refractivity contribution in [2.75, 3.05) is 32.8 Å². The Bertz CT molecular complexity index is 160. The van der Waals surface area contributed by atoms with E-state index in [1.807, 2.05) is 0 Å². The highest BCUT2D eigenvalue weighted by atomic mass is 16.5. The van der Waals surface area contributed by atoms with Crippen LogP contribution in [0.15, 0.2) is 0 Å². The molecule has 2 heterocycles. The quantitative estimate of drug-likeness (QED) is 0.586. The molecule has 76 valence electrons. The number of hydrogen-bond acceptors (Lipinski definition) is 4.